The van der Waals surface area contributed by atoms with E-state index in [2.05, 4.69) is 10.6 Å². The van der Waals surface area contributed by atoms with Crippen molar-refractivity contribution in [2.45, 2.75) is 59.2 Å². The van der Waals surface area contributed by atoms with Gasteiger partial charge in [-0.3, -0.25) is 0 Å². The molecule has 0 saturated carbocycles. The Morgan fingerprint density at radius 2 is 1.78 bits per heavy atom. The molecule has 0 unspecified atom stereocenters. The first-order valence-electron chi connectivity index (χ1n) is 8.05. The van der Waals surface area contributed by atoms with Gasteiger partial charge < -0.3 is 20.1 Å². The van der Waals surface area contributed by atoms with Gasteiger partial charge in [0, 0.05) is 24.2 Å². The Morgan fingerprint density at radius 1 is 1.13 bits per heavy atom. The molecule has 130 valence electrons. The van der Waals surface area contributed by atoms with Crippen molar-refractivity contribution in [3.8, 4) is 5.75 Å². The maximum absolute atomic E-state index is 11.7. The second kappa shape index (κ2) is 8.20. The van der Waals surface area contributed by atoms with E-state index >= 15 is 0 Å². The lowest BCUT2D eigenvalue weighted by Gasteiger charge is -2.28. The highest BCUT2D eigenvalue weighted by Gasteiger charge is 2.21. The van der Waals surface area contributed by atoms with Gasteiger partial charge in [-0.25, -0.2) is 4.79 Å². The molecule has 0 fully saturated rings. The van der Waals surface area contributed by atoms with Crippen molar-refractivity contribution in [3.05, 3.63) is 29.8 Å². The number of carbonyl (C=O) groups is 1. The Morgan fingerprint density at radius 3 is 2.39 bits per heavy atom. The topological polar surface area (TPSA) is 59.6 Å². The summed E-state index contributed by atoms with van der Waals surface area (Å²) in [7, 11) is 0. The minimum atomic E-state index is -0.488. The third kappa shape index (κ3) is 7.88. The van der Waals surface area contributed by atoms with E-state index in [0.29, 0.717) is 19.7 Å². The number of benzene rings is 1. The lowest BCUT2D eigenvalue weighted by molar-refractivity contribution is 0.0513. The normalized spacial score (nSPS) is 11.9. The van der Waals surface area contributed by atoms with Gasteiger partial charge in [-0.05, 0) is 47.6 Å². The zero-order valence-corrected chi connectivity index (χ0v) is 15.2. The molecule has 23 heavy (non-hydrogen) atoms. The molecule has 2 N–H and O–H groups in total. The van der Waals surface area contributed by atoms with Gasteiger partial charge in [-0.2, -0.15) is 0 Å². The van der Waals surface area contributed by atoms with Crippen LogP contribution in [0.4, 0.5) is 4.79 Å². The number of hydrogen-bond donors (Lipinski definition) is 2. The standard InChI is InChI=1S/C18H30N2O3/c1-7-22-15-11-9-8-10-14(15)12-20-18(5,6)13-19-16(21)23-17(2,3)4/h8-11,20H,7,12-13H2,1-6H3,(H,19,21). The molecule has 0 aliphatic rings. The van der Waals surface area contributed by atoms with Crippen LogP contribution in [0.15, 0.2) is 24.3 Å². The van der Waals surface area contributed by atoms with E-state index in [0.717, 1.165) is 11.3 Å². The zero-order chi connectivity index (χ0) is 17.5. The van der Waals surface area contributed by atoms with Gasteiger partial charge >= 0.3 is 6.09 Å². The van der Waals surface area contributed by atoms with Gasteiger partial charge in [0.25, 0.3) is 0 Å². The van der Waals surface area contributed by atoms with Gasteiger partial charge in [-0.1, -0.05) is 18.2 Å². The van der Waals surface area contributed by atoms with Crippen LogP contribution in [0.25, 0.3) is 0 Å². The van der Waals surface area contributed by atoms with E-state index in [9.17, 15) is 4.79 Å². The monoisotopic (exact) mass is 322 g/mol. The van der Waals surface area contributed by atoms with Crippen LogP contribution >= 0.6 is 0 Å². The highest BCUT2D eigenvalue weighted by Crippen LogP contribution is 2.18. The van der Waals surface area contributed by atoms with Crippen LogP contribution in [-0.4, -0.2) is 30.4 Å². The van der Waals surface area contributed by atoms with Crippen LogP contribution in [0.3, 0.4) is 0 Å². The number of hydrogen-bond acceptors (Lipinski definition) is 4. The molecule has 1 aromatic carbocycles. The van der Waals surface area contributed by atoms with E-state index in [1.165, 1.54) is 0 Å². The van der Waals surface area contributed by atoms with Crippen LogP contribution in [0.5, 0.6) is 5.75 Å². The molecule has 5 nitrogen and oxygen atoms in total. The largest absolute Gasteiger partial charge is 0.494 e. The predicted molar refractivity (Wildman–Crippen MR) is 92.8 cm³/mol. The number of ether oxygens (including phenoxy) is 2. The van der Waals surface area contributed by atoms with Crippen LogP contribution < -0.4 is 15.4 Å². The summed E-state index contributed by atoms with van der Waals surface area (Å²) in [5.74, 6) is 0.887. The lowest BCUT2D eigenvalue weighted by Crippen LogP contribution is -2.49. The lowest BCUT2D eigenvalue weighted by atomic mass is 10.0. The highest BCUT2D eigenvalue weighted by molar-refractivity contribution is 5.67. The molecule has 1 aromatic rings. The van der Waals surface area contributed by atoms with Gasteiger partial charge in [-0.15, -0.1) is 0 Å². The molecule has 0 heterocycles. The molecule has 0 aliphatic heterocycles. The van der Waals surface area contributed by atoms with Crippen molar-refractivity contribution < 1.29 is 14.3 Å². The Balaban J connectivity index is 2.51. The van der Waals surface area contributed by atoms with E-state index in [1.54, 1.807) is 0 Å². The number of para-hydroxylation sites is 1. The summed E-state index contributed by atoms with van der Waals surface area (Å²) < 4.78 is 10.9. The smallest absolute Gasteiger partial charge is 0.407 e. The average molecular weight is 322 g/mol. The molecule has 0 bridgehead atoms. The molecule has 0 aliphatic carbocycles. The number of alkyl carbamates (subject to hydrolysis) is 1. The molecule has 0 atom stereocenters. The zero-order valence-electron chi connectivity index (χ0n) is 15.2. The Kier molecular flexibility index (Phi) is 6.88. The quantitative estimate of drug-likeness (QED) is 0.807. The van der Waals surface area contributed by atoms with E-state index in [4.69, 9.17) is 9.47 Å². The van der Waals surface area contributed by atoms with E-state index in [-0.39, 0.29) is 5.54 Å². The molecule has 1 rings (SSSR count). The SMILES string of the molecule is CCOc1ccccc1CNC(C)(C)CNC(=O)OC(C)(C)C. The summed E-state index contributed by atoms with van der Waals surface area (Å²) in [5.41, 5.74) is 0.341. The van der Waals surface area contributed by atoms with Gasteiger partial charge in [0.1, 0.15) is 11.4 Å². The first-order chi connectivity index (χ1) is 10.6. The molecule has 0 aromatic heterocycles. The molecule has 0 radical (unpaired) electrons. The van der Waals surface area contributed by atoms with Crippen LogP contribution in [0.1, 0.15) is 47.1 Å². The van der Waals surface area contributed by atoms with E-state index in [1.807, 2.05) is 65.8 Å². The third-order valence-electron chi connectivity index (χ3n) is 3.10. The Hall–Kier alpha value is -1.75. The number of rotatable bonds is 7. The molecular weight excluding hydrogens is 292 g/mol. The van der Waals surface area contributed by atoms with Gasteiger partial charge in [0.15, 0.2) is 0 Å². The van der Waals surface area contributed by atoms with E-state index < -0.39 is 11.7 Å². The minimum absolute atomic E-state index is 0.268. The molecule has 5 heteroatoms. The fourth-order valence-corrected chi connectivity index (χ4v) is 1.95. The second-order valence-corrected chi connectivity index (χ2v) is 7.13. The van der Waals surface area contributed by atoms with Crippen molar-refractivity contribution in [1.82, 2.24) is 10.6 Å². The molecule has 0 saturated heterocycles. The molecule has 0 spiro atoms. The number of nitrogens with one attached hydrogen (secondary N) is 2. The summed E-state index contributed by atoms with van der Waals surface area (Å²) in [6.07, 6.45) is -0.401. The first-order valence-corrected chi connectivity index (χ1v) is 8.05. The number of carbonyl (C=O) groups excluding carboxylic acids is 1. The highest BCUT2D eigenvalue weighted by atomic mass is 16.6. The van der Waals surface area contributed by atoms with Gasteiger partial charge in [0.05, 0.1) is 6.61 Å². The molecule has 1 amide bonds. The van der Waals surface area contributed by atoms with Crippen molar-refractivity contribution >= 4 is 6.09 Å². The van der Waals surface area contributed by atoms with Gasteiger partial charge in [0.2, 0.25) is 0 Å². The third-order valence-corrected chi connectivity index (χ3v) is 3.10. The van der Waals surface area contributed by atoms with Crippen molar-refractivity contribution in [2.75, 3.05) is 13.2 Å². The van der Waals surface area contributed by atoms with Crippen molar-refractivity contribution in [1.29, 1.82) is 0 Å². The summed E-state index contributed by atoms with van der Waals surface area (Å²) >= 11 is 0. The maximum Gasteiger partial charge on any atom is 0.407 e. The first kappa shape index (κ1) is 19.3. The molecular formula is C18H30N2O3. The van der Waals surface area contributed by atoms with Crippen LogP contribution in [-0.2, 0) is 11.3 Å². The Bertz CT molecular complexity index is 507. The second-order valence-electron chi connectivity index (χ2n) is 7.13. The Labute approximate surface area is 139 Å². The van der Waals surface area contributed by atoms with Crippen LogP contribution in [0, 0.1) is 0 Å². The van der Waals surface area contributed by atoms with Crippen molar-refractivity contribution in [2.24, 2.45) is 0 Å². The summed E-state index contributed by atoms with van der Waals surface area (Å²) in [6, 6.07) is 7.96. The number of amides is 1. The minimum Gasteiger partial charge on any atom is -0.494 e. The summed E-state index contributed by atoms with van der Waals surface area (Å²) in [4.78, 5) is 11.7. The predicted octanol–water partition coefficient (Wildman–Crippen LogP) is 3.48. The average Bonchev–Trinajstić information content (AvgIpc) is 2.43. The fraction of sp³-hybridized carbons (Fsp3) is 0.611. The summed E-state index contributed by atoms with van der Waals surface area (Å²) in [6.45, 7) is 13.4. The van der Waals surface area contributed by atoms with Crippen molar-refractivity contribution in [3.63, 3.8) is 0 Å². The van der Waals surface area contributed by atoms with Crippen LogP contribution in [0.2, 0.25) is 0 Å². The maximum atomic E-state index is 11.7. The summed E-state index contributed by atoms with van der Waals surface area (Å²) in [5, 5.41) is 6.24. The fourth-order valence-electron chi connectivity index (χ4n) is 1.95.